The molecule has 0 fully saturated rings. The largest absolute Gasteiger partial charge is 0.444 e. The van der Waals surface area contributed by atoms with E-state index in [1.807, 2.05) is 54.6 Å². The summed E-state index contributed by atoms with van der Waals surface area (Å²) in [6.45, 7) is 1.06. The number of hydrogen-bond acceptors (Lipinski definition) is 3. The molecular weight excluding hydrogens is 290 g/mol. The molecular formula is C19H21NO3. The van der Waals surface area contributed by atoms with Crippen LogP contribution >= 0.6 is 0 Å². The average Bonchev–Trinajstić information content (AvgIpc) is 2.61. The Balaban J connectivity index is 1.72. The van der Waals surface area contributed by atoms with Crippen molar-refractivity contribution in [3.63, 3.8) is 0 Å². The smallest absolute Gasteiger partial charge is 0.414 e. The molecule has 4 nitrogen and oxygen atoms in total. The van der Waals surface area contributed by atoms with Gasteiger partial charge < -0.3 is 9.84 Å². The van der Waals surface area contributed by atoms with Crippen molar-refractivity contribution in [3.8, 4) is 0 Å². The number of benzene rings is 2. The lowest BCUT2D eigenvalue weighted by atomic mass is 9.88. The minimum absolute atomic E-state index is 0.164. The van der Waals surface area contributed by atoms with Gasteiger partial charge in [0.1, 0.15) is 6.61 Å². The molecule has 23 heavy (non-hydrogen) atoms. The zero-order chi connectivity index (χ0) is 16.1. The maximum Gasteiger partial charge on any atom is 0.414 e. The summed E-state index contributed by atoms with van der Waals surface area (Å²) in [6, 6.07) is 17.6. The number of aliphatic hydroxyl groups is 1. The molecule has 0 aliphatic carbocycles. The molecule has 0 bridgehead atoms. The highest BCUT2D eigenvalue weighted by atomic mass is 16.6. The maximum atomic E-state index is 12.5. The van der Waals surface area contributed by atoms with Gasteiger partial charge in [0.2, 0.25) is 0 Å². The van der Waals surface area contributed by atoms with Crippen molar-refractivity contribution >= 4 is 11.8 Å². The second-order valence-corrected chi connectivity index (χ2v) is 5.75. The number of carbonyl (C=O) groups is 1. The summed E-state index contributed by atoms with van der Waals surface area (Å²) in [6.07, 6.45) is 1.26. The molecule has 0 saturated heterocycles. The number of amides is 1. The monoisotopic (exact) mass is 311 g/mol. The Morgan fingerprint density at radius 1 is 1.13 bits per heavy atom. The number of para-hydroxylation sites is 1. The van der Waals surface area contributed by atoms with Crippen molar-refractivity contribution in [2.24, 2.45) is 0 Å². The zero-order valence-electron chi connectivity index (χ0n) is 13.0. The first kappa shape index (κ1) is 15.6. The third-order valence-corrected chi connectivity index (χ3v) is 4.27. The molecule has 1 unspecified atom stereocenters. The second-order valence-electron chi connectivity index (χ2n) is 5.75. The SMILES string of the molecule is O=C(OCc1ccccc1)N1CCC(CCO)c2ccccc21. The lowest BCUT2D eigenvalue weighted by Crippen LogP contribution is -2.37. The number of hydrogen-bond donors (Lipinski definition) is 1. The van der Waals surface area contributed by atoms with E-state index < -0.39 is 0 Å². The molecule has 0 radical (unpaired) electrons. The third-order valence-electron chi connectivity index (χ3n) is 4.27. The van der Waals surface area contributed by atoms with E-state index in [2.05, 4.69) is 0 Å². The van der Waals surface area contributed by atoms with Crippen molar-refractivity contribution in [1.29, 1.82) is 0 Å². The first-order chi connectivity index (χ1) is 11.3. The van der Waals surface area contributed by atoms with E-state index in [4.69, 9.17) is 4.74 Å². The highest BCUT2D eigenvalue weighted by Gasteiger charge is 2.28. The fourth-order valence-electron chi connectivity index (χ4n) is 3.08. The number of rotatable bonds is 4. The summed E-state index contributed by atoms with van der Waals surface area (Å²) in [7, 11) is 0. The molecule has 1 heterocycles. The van der Waals surface area contributed by atoms with Gasteiger partial charge in [0.25, 0.3) is 0 Å². The fraction of sp³-hybridized carbons (Fsp3) is 0.316. The minimum Gasteiger partial charge on any atom is -0.444 e. The van der Waals surface area contributed by atoms with Gasteiger partial charge in [0, 0.05) is 13.2 Å². The Labute approximate surface area is 136 Å². The second kappa shape index (κ2) is 7.29. The van der Waals surface area contributed by atoms with Gasteiger partial charge in [-0.15, -0.1) is 0 Å². The molecule has 3 rings (SSSR count). The van der Waals surface area contributed by atoms with Crippen LogP contribution in [0.1, 0.15) is 29.9 Å². The summed E-state index contributed by atoms with van der Waals surface area (Å²) in [5.41, 5.74) is 2.99. The standard InChI is InChI=1S/C19H21NO3/c21-13-11-16-10-12-20(18-9-5-4-8-17(16)18)19(22)23-14-15-6-2-1-3-7-15/h1-9,16,21H,10-14H2. The van der Waals surface area contributed by atoms with Crippen LogP contribution in [0.3, 0.4) is 0 Å². The average molecular weight is 311 g/mol. The van der Waals surface area contributed by atoms with Crippen LogP contribution in [-0.2, 0) is 11.3 Å². The van der Waals surface area contributed by atoms with Gasteiger partial charge in [-0.05, 0) is 36.0 Å². The van der Waals surface area contributed by atoms with Gasteiger partial charge >= 0.3 is 6.09 Å². The van der Waals surface area contributed by atoms with Crippen molar-refractivity contribution in [1.82, 2.24) is 0 Å². The lowest BCUT2D eigenvalue weighted by molar-refractivity contribution is 0.146. The number of fused-ring (bicyclic) bond motifs is 1. The van der Waals surface area contributed by atoms with Crippen molar-refractivity contribution < 1.29 is 14.6 Å². The number of carbonyl (C=O) groups excluding carboxylic acids is 1. The first-order valence-electron chi connectivity index (χ1n) is 7.97. The topological polar surface area (TPSA) is 49.8 Å². The normalized spacial score (nSPS) is 16.7. The highest BCUT2D eigenvalue weighted by Crippen LogP contribution is 2.37. The van der Waals surface area contributed by atoms with Gasteiger partial charge in [0.15, 0.2) is 0 Å². The predicted octanol–water partition coefficient (Wildman–Crippen LogP) is 3.70. The van der Waals surface area contributed by atoms with Crippen LogP contribution in [0.4, 0.5) is 10.5 Å². The quantitative estimate of drug-likeness (QED) is 0.936. The zero-order valence-corrected chi connectivity index (χ0v) is 13.0. The van der Waals surface area contributed by atoms with Gasteiger partial charge in [0.05, 0.1) is 5.69 Å². The molecule has 1 atom stereocenters. The van der Waals surface area contributed by atoms with Crippen molar-refractivity contribution in [3.05, 3.63) is 65.7 Å². The van der Waals surface area contributed by atoms with E-state index >= 15 is 0 Å². The van der Waals surface area contributed by atoms with E-state index in [-0.39, 0.29) is 19.3 Å². The number of anilines is 1. The van der Waals surface area contributed by atoms with Gasteiger partial charge in [-0.2, -0.15) is 0 Å². The van der Waals surface area contributed by atoms with Crippen molar-refractivity contribution in [2.45, 2.75) is 25.4 Å². The molecule has 4 heteroatoms. The van der Waals surface area contributed by atoms with E-state index in [1.54, 1.807) is 4.90 Å². The number of ether oxygens (including phenoxy) is 1. The Hall–Kier alpha value is -2.33. The highest BCUT2D eigenvalue weighted by molar-refractivity contribution is 5.89. The first-order valence-corrected chi connectivity index (χ1v) is 7.97. The Morgan fingerprint density at radius 2 is 1.87 bits per heavy atom. The summed E-state index contributed by atoms with van der Waals surface area (Å²) in [5, 5.41) is 9.22. The fourth-order valence-corrected chi connectivity index (χ4v) is 3.08. The number of nitrogens with zero attached hydrogens (tertiary/aromatic N) is 1. The summed E-state index contributed by atoms with van der Waals surface area (Å²) in [4.78, 5) is 14.2. The lowest BCUT2D eigenvalue weighted by Gasteiger charge is -2.33. The number of aliphatic hydroxyl groups excluding tert-OH is 1. The Kier molecular flexibility index (Phi) is 4.93. The van der Waals surface area contributed by atoms with Gasteiger partial charge in [-0.25, -0.2) is 4.79 Å². The molecule has 0 saturated carbocycles. The molecule has 1 N–H and O–H groups in total. The summed E-state index contributed by atoms with van der Waals surface area (Å²) >= 11 is 0. The molecule has 2 aromatic rings. The van der Waals surface area contributed by atoms with Crippen molar-refractivity contribution in [2.75, 3.05) is 18.1 Å². The van der Waals surface area contributed by atoms with Crippen LogP contribution in [0.2, 0.25) is 0 Å². The van der Waals surface area contributed by atoms with Gasteiger partial charge in [-0.3, -0.25) is 4.90 Å². The summed E-state index contributed by atoms with van der Waals surface area (Å²) < 4.78 is 5.46. The third kappa shape index (κ3) is 3.54. The van der Waals surface area contributed by atoms with Crippen LogP contribution in [0.25, 0.3) is 0 Å². The van der Waals surface area contributed by atoms with E-state index in [9.17, 15) is 9.90 Å². The molecule has 1 aliphatic heterocycles. The Morgan fingerprint density at radius 3 is 2.65 bits per heavy atom. The minimum atomic E-state index is -0.316. The molecule has 0 aromatic heterocycles. The van der Waals surface area contributed by atoms with Crippen LogP contribution in [0.15, 0.2) is 54.6 Å². The van der Waals surface area contributed by atoms with Crippen LogP contribution in [0.5, 0.6) is 0 Å². The molecule has 0 spiro atoms. The predicted molar refractivity (Wildman–Crippen MR) is 89.5 cm³/mol. The molecule has 2 aromatic carbocycles. The van der Waals surface area contributed by atoms with Crippen LogP contribution < -0.4 is 4.90 Å². The van der Waals surface area contributed by atoms with Gasteiger partial charge in [-0.1, -0.05) is 48.5 Å². The van der Waals surface area contributed by atoms with E-state index in [1.165, 1.54) is 0 Å². The van der Waals surface area contributed by atoms with E-state index in [0.29, 0.717) is 12.5 Å². The molecule has 1 aliphatic rings. The van der Waals surface area contributed by atoms with Crippen LogP contribution in [-0.4, -0.2) is 24.4 Å². The molecule has 1 amide bonds. The maximum absolute atomic E-state index is 12.5. The summed E-state index contributed by atoms with van der Waals surface area (Å²) in [5.74, 6) is 0.300. The Bertz CT molecular complexity index is 657. The van der Waals surface area contributed by atoms with Crippen LogP contribution in [0, 0.1) is 0 Å². The van der Waals surface area contributed by atoms with E-state index in [0.717, 1.165) is 29.7 Å². The molecule has 120 valence electrons.